The van der Waals surface area contributed by atoms with Gasteiger partial charge in [-0.05, 0) is 76.8 Å². The molecule has 1 radical (unpaired) electrons. The molecule has 0 amide bonds. The molecule has 0 fully saturated rings. The molecular weight excluding hydrogens is 817 g/mol. The number of aryl methyl sites for hydroxylation is 3. The largest absolute Gasteiger partial charge is 0.501 e. The van der Waals surface area contributed by atoms with Crippen molar-refractivity contribution in [2.24, 2.45) is 0 Å². The number of rotatable bonds is 5. The Balaban J connectivity index is 0.000000222. The fraction of sp³-hybridized carbons (Fsp3) is 0.130. The minimum Gasteiger partial charge on any atom is -0.501 e. The van der Waals surface area contributed by atoms with E-state index >= 15 is 0 Å². The number of nitrogens with zero attached hydrogens (tertiary/aromatic N) is 2. The Kier molecular flexibility index (Phi) is 10.6. The van der Waals surface area contributed by atoms with E-state index in [1.54, 1.807) is 0 Å². The van der Waals surface area contributed by atoms with E-state index in [4.69, 9.17) is 9.40 Å². The van der Waals surface area contributed by atoms with Crippen molar-refractivity contribution >= 4 is 35.2 Å². The summed E-state index contributed by atoms with van der Waals surface area (Å²) in [4.78, 5) is 9.32. The molecule has 8 aromatic rings. The molecular formula is C46H40IrN2OSi-2. The van der Waals surface area contributed by atoms with Gasteiger partial charge in [0.2, 0.25) is 0 Å². The molecule has 0 saturated heterocycles. The summed E-state index contributed by atoms with van der Waals surface area (Å²) in [5.41, 5.74) is 14.0. The Labute approximate surface area is 315 Å². The van der Waals surface area contributed by atoms with Crippen LogP contribution in [0.3, 0.4) is 0 Å². The fourth-order valence-corrected chi connectivity index (χ4v) is 7.55. The zero-order chi connectivity index (χ0) is 34.8. The van der Waals surface area contributed by atoms with Gasteiger partial charge in [-0.25, -0.2) is 0 Å². The molecule has 255 valence electrons. The average molecular weight is 857 g/mol. The Morgan fingerprint density at radius 3 is 2.00 bits per heavy atom. The van der Waals surface area contributed by atoms with Crippen LogP contribution in [0.2, 0.25) is 19.6 Å². The van der Waals surface area contributed by atoms with Crippen molar-refractivity contribution < 1.29 is 24.5 Å². The van der Waals surface area contributed by atoms with Crippen LogP contribution in [0.15, 0.2) is 138 Å². The van der Waals surface area contributed by atoms with Gasteiger partial charge in [0.1, 0.15) is 5.58 Å². The molecule has 0 atom stereocenters. The Bertz CT molecular complexity index is 2410. The first-order valence-corrected chi connectivity index (χ1v) is 20.6. The predicted octanol–water partition coefficient (Wildman–Crippen LogP) is 11.8. The molecule has 5 heteroatoms. The molecule has 0 N–H and O–H groups in total. The van der Waals surface area contributed by atoms with Crippen molar-refractivity contribution in [2.45, 2.75) is 40.4 Å². The van der Waals surface area contributed by atoms with Crippen molar-refractivity contribution in [1.82, 2.24) is 9.97 Å². The number of furan rings is 1. The average Bonchev–Trinajstić information content (AvgIpc) is 3.50. The molecule has 51 heavy (non-hydrogen) atoms. The molecule has 0 aliphatic carbocycles. The molecule has 0 spiro atoms. The molecule has 3 nitrogen and oxygen atoms in total. The summed E-state index contributed by atoms with van der Waals surface area (Å²) >= 11 is 0. The second kappa shape index (κ2) is 15.1. The van der Waals surface area contributed by atoms with Gasteiger partial charge in [0.25, 0.3) is 0 Å². The number of hydrogen-bond acceptors (Lipinski definition) is 3. The van der Waals surface area contributed by atoms with Gasteiger partial charge in [0, 0.05) is 43.4 Å². The van der Waals surface area contributed by atoms with Crippen molar-refractivity contribution in [2.75, 3.05) is 0 Å². The Morgan fingerprint density at radius 1 is 0.588 bits per heavy atom. The normalized spacial score (nSPS) is 11.2. The number of benzene rings is 5. The van der Waals surface area contributed by atoms with Crippen LogP contribution in [-0.2, 0) is 20.1 Å². The maximum Gasteiger partial charge on any atom is 0.121 e. The maximum absolute atomic E-state index is 6.46. The molecule has 0 aliphatic rings. The van der Waals surface area contributed by atoms with Crippen molar-refractivity contribution in [3.05, 3.63) is 163 Å². The van der Waals surface area contributed by atoms with Crippen LogP contribution in [0.4, 0.5) is 0 Å². The second-order valence-corrected chi connectivity index (χ2v) is 19.0. The van der Waals surface area contributed by atoms with E-state index in [-0.39, 0.29) is 20.1 Å². The standard InChI is InChI=1S/C32H24NO.C14H16NSi.Ir/c1-20-9-7-10-21(2)31(20)24-15-16-25-26-13-8-14-27(32(26)34-30(25)18-24)29-17-22(3)28(19-33-29)23-11-5-4-6-12-23;1-16(2,3)13-9-10-14(15-11-13)12-7-5-4-6-8-12;/h4-13,15-19H,1-3H3;4-7,9-11H,1-3H3;/q2*-1;. The van der Waals surface area contributed by atoms with E-state index in [0.29, 0.717) is 0 Å². The van der Waals surface area contributed by atoms with Crippen LogP contribution in [0.5, 0.6) is 0 Å². The van der Waals surface area contributed by atoms with Crippen molar-refractivity contribution in [3.63, 3.8) is 0 Å². The van der Waals surface area contributed by atoms with Crippen LogP contribution < -0.4 is 5.19 Å². The zero-order valence-electron chi connectivity index (χ0n) is 29.8. The number of fused-ring (bicyclic) bond motifs is 3. The first kappa shape index (κ1) is 35.9. The van der Waals surface area contributed by atoms with E-state index in [2.05, 4.69) is 142 Å². The third kappa shape index (κ3) is 7.57. The summed E-state index contributed by atoms with van der Waals surface area (Å²) in [7, 11) is -1.23. The topological polar surface area (TPSA) is 38.9 Å². The summed E-state index contributed by atoms with van der Waals surface area (Å²) in [6.07, 6.45) is 3.97. The quantitative estimate of drug-likeness (QED) is 0.128. The molecule has 0 unspecified atom stereocenters. The molecule has 0 bridgehead atoms. The number of aromatic nitrogens is 2. The fourth-order valence-electron chi connectivity index (χ4n) is 6.52. The number of hydrogen-bond donors (Lipinski definition) is 0. The minimum absolute atomic E-state index is 0. The predicted molar refractivity (Wildman–Crippen MR) is 212 cm³/mol. The summed E-state index contributed by atoms with van der Waals surface area (Å²) in [6.45, 7) is 13.4. The van der Waals surface area contributed by atoms with Gasteiger partial charge in [-0.3, -0.25) is 0 Å². The van der Waals surface area contributed by atoms with Gasteiger partial charge in [-0.15, -0.1) is 54.1 Å². The van der Waals surface area contributed by atoms with Gasteiger partial charge in [0.15, 0.2) is 0 Å². The first-order chi connectivity index (χ1) is 24.2. The molecule has 0 saturated carbocycles. The number of pyridine rings is 2. The van der Waals surface area contributed by atoms with Crippen LogP contribution in [-0.4, -0.2) is 18.0 Å². The van der Waals surface area contributed by atoms with E-state index in [1.807, 2.05) is 48.8 Å². The molecule has 3 aromatic heterocycles. The third-order valence-corrected chi connectivity index (χ3v) is 11.3. The molecule has 3 heterocycles. The molecule has 0 aliphatic heterocycles. The Hall–Kier alpha value is -4.93. The summed E-state index contributed by atoms with van der Waals surface area (Å²) < 4.78 is 6.46. The Morgan fingerprint density at radius 2 is 1.33 bits per heavy atom. The van der Waals surface area contributed by atoms with Crippen LogP contribution in [0, 0.1) is 32.9 Å². The zero-order valence-corrected chi connectivity index (χ0v) is 33.2. The van der Waals surface area contributed by atoms with Gasteiger partial charge >= 0.3 is 0 Å². The summed E-state index contributed by atoms with van der Waals surface area (Å²) in [5.74, 6) is 0. The van der Waals surface area contributed by atoms with Crippen LogP contribution in [0.1, 0.15) is 16.7 Å². The van der Waals surface area contributed by atoms with Crippen molar-refractivity contribution in [3.8, 4) is 44.8 Å². The van der Waals surface area contributed by atoms with Gasteiger partial charge in [-0.1, -0.05) is 109 Å². The van der Waals surface area contributed by atoms with Crippen molar-refractivity contribution in [1.29, 1.82) is 0 Å². The minimum atomic E-state index is -1.23. The first-order valence-electron chi connectivity index (χ1n) is 17.1. The van der Waals surface area contributed by atoms with E-state index in [9.17, 15) is 0 Å². The van der Waals surface area contributed by atoms with E-state index < -0.39 is 8.07 Å². The van der Waals surface area contributed by atoms with Gasteiger partial charge in [-0.2, -0.15) is 0 Å². The summed E-state index contributed by atoms with van der Waals surface area (Å²) in [6, 6.07) is 48.3. The molecule has 8 rings (SSSR count). The van der Waals surface area contributed by atoms with Crippen LogP contribution >= 0.6 is 0 Å². The van der Waals surface area contributed by atoms with E-state index in [0.717, 1.165) is 50.0 Å². The molecule has 5 aromatic carbocycles. The van der Waals surface area contributed by atoms with Crippen LogP contribution in [0.25, 0.3) is 66.7 Å². The second-order valence-electron chi connectivity index (χ2n) is 13.9. The van der Waals surface area contributed by atoms with Gasteiger partial charge < -0.3 is 14.4 Å². The summed E-state index contributed by atoms with van der Waals surface area (Å²) in [5, 5.41) is 3.59. The van der Waals surface area contributed by atoms with E-state index in [1.165, 1.54) is 38.6 Å². The van der Waals surface area contributed by atoms with Gasteiger partial charge in [0.05, 0.1) is 13.7 Å². The smallest absolute Gasteiger partial charge is 0.121 e. The SMILES string of the molecule is C[Si](C)(C)c1ccc(-c2[c-]cccc2)nc1.Cc1cc(-c2[c-]ccc3c2oc2cc(-c4c(C)cccc4C)ccc23)ncc1-c1ccccc1.[Ir]. The third-order valence-electron chi connectivity index (χ3n) is 9.27. The maximum atomic E-state index is 6.46. The monoisotopic (exact) mass is 857 g/mol.